The molecule has 104 valence electrons. The SMILES string of the molecule is Nc1c(CCC2C3CC4CC(C3)CC2C4)ncn1N. The van der Waals surface area contributed by atoms with Crippen LogP contribution >= 0.6 is 0 Å². The maximum atomic E-state index is 5.94. The van der Waals surface area contributed by atoms with E-state index in [1.54, 1.807) is 6.33 Å². The lowest BCUT2D eigenvalue weighted by Gasteiger charge is -2.54. The van der Waals surface area contributed by atoms with Crippen LogP contribution in [0.25, 0.3) is 0 Å². The van der Waals surface area contributed by atoms with Gasteiger partial charge in [-0.15, -0.1) is 0 Å². The molecule has 0 unspecified atom stereocenters. The average molecular weight is 260 g/mol. The molecule has 0 aliphatic heterocycles. The molecule has 0 spiro atoms. The Morgan fingerprint density at radius 2 is 1.74 bits per heavy atom. The van der Waals surface area contributed by atoms with Crippen molar-refractivity contribution in [1.82, 2.24) is 9.66 Å². The summed E-state index contributed by atoms with van der Waals surface area (Å²) in [6.07, 6.45) is 11.4. The molecule has 4 heteroatoms. The third kappa shape index (κ3) is 1.84. The Morgan fingerprint density at radius 3 is 2.26 bits per heavy atom. The van der Waals surface area contributed by atoms with Crippen molar-refractivity contribution in [1.29, 1.82) is 0 Å². The van der Waals surface area contributed by atoms with Gasteiger partial charge in [-0.1, -0.05) is 0 Å². The first-order chi connectivity index (χ1) is 9.20. The normalized spacial score (nSPS) is 39.9. The molecule has 4 aliphatic rings. The average Bonchev–Trinajstić information content (AvgIpc) is 2.69. The Balaban J connectivity index is 1.45. The summed E-state index contributed by atoms with van der Waals surface area (Å²) in [6, 6.07) is 0. The van der Waals surface area contributed by atoms with Crippen LogP contribution in [0.3, 0.4) is 0 Å². The fourth-order valence-corrected chi connectivity index (χ4v) is 5.41. The summed E-state index contributed by atoms with van der Waals surface area (Å²) in [4.78, 5) is 4.33. The number of nitrogens with zero attached hydrogens (tertiary/aromatic N) is 2. The van der Waals surface area contributed by atoms with Crippen LogP contribution in [0.1, 0.15) is 44.2 Å². The molecule has 0 saturated heterocycles. The zero-order valence-corrected chi connectivity index (χ0v) is 11.5. The van der Waals surface area contributed by atoms with Crippen molar-refractivity contribution in [3.63, 3.8) is 0 Å². The van der Waals surface area contributed by atoms with Gasteiger partial charge >= 0.3 is 0 Å². The zero-order valence-electron chi connectivity index (χ0n) is 11.5. The van der Waals surface area contributed by atoms with E-state index < -0.39 is 0 Å². The third-order valence-electron chi connectivity index (χ3n) is 6.05. The molecule has 0 amide bonds. The predicted molar refractivity (Wildman–Crippen MR) is 75.6 cm³/mol. The second-order valence-corrected chi connectivity index (χ2v) is 7.12. The molecule has 19 heavy (non-hydrogen) atoms. The van der Waals surface area contributed by atoms with E-state index in [1.165, 1.54) is 43.2 Å². The van der Waals surface area contributed by atoms with E-state index >= 15 is 0 Å². The van der Waals surface area contributed by atoms with E-state index in [2.05, 4.69) is 4.98 Å². The molecule has 1 aromatic rings. The number of aryl methyl sites for hydroxylation is 1. The van der Waals surface area contributed by atoms with E-state index in [9.17, 15) is 0 Å². The van der Waals surface area contributed by atoms with Crippen molar-refractivity contribution in [2.45, 2.75) is 44.9 Å². The van der Waals surface area contributed by atoms with Crippen LogP contribution in [0.4, 0.5) is 5.82 Å². The molecule has 4 bridgehead atoms. The van der Waals surface area contributed by atoms with Crippen LogP contribution < -0.4 is 11.6 Å². The largest absolute Gasteiger partial charge is 0.382 e. The van der Waals surface area contributed by atoms with Crippen LogP contribution in [0, 0.1) is 29.6 Å². The minimum absolute atomic E-state index is 0.642. The molecular formula is C15H24N4. The standard InChI is InChI=1S/C15H24N4/c16-15-14(18-8-19(15)17)2-1-13-11-4-9-3-10(6-11)7-12(13)5-9/h8-13H,1-7,16-17H2. The minimum atomic E-state index is 0.642. The number of hydrogen-bond acceptors (Lipinski definition) is 3. The highest BCUT2D eigenvalue weighted by atomic mass is 15.3. The van der Waals surface area contributed by atoms with Crippen molar-refractivity contribution in [3.05, 3.63) is 12.0 Å². The Bertz CT molecular complexity index is 450. The van der Waals surface area contributed by atoms with Crippen molar-refractivity contribution >= 4 is 5.82 Å². The predicted octanol–water partition coefficient (Wildman–Crippen LogP) is 2.18. The van der Waals surface area contributed by atoms with E-state index in [0.717, 1.165) is 41.7 Å². The van der Waals surface area contributed by atoms with Gasteiger partial charge in [0, 0.05) is 0 Å². The van der Waals surface area contributed by atoms with Gasteiger partial charge in [0.1, 0.15) is 12.1 Å². The Labute approximate surface area is 114 Å². The van der Waals surface area contributed by atoms with Gasteiger partial charge in [0.15, 0.2) is 0 Å². The van der Waals surface area contributed by atoms with Crippen LogP contribution in [-0.4, -0.2) is 9.66 Å². The summed E-state index contributed by atoms with van der Waals surface area (Å²) in [5.41, 5.74) is 6.94. The topological polar surface area (TPSA) is 69.9 Å². The van der Waals surface area contributed by atoms with Gasteiger partial charge in [-0.2, -0.15) is 0 Å². The van der Waals surface area contributed by atoms with Gasteiger partial charge in [-0.05, 0) is 74.5 Å². The molecule has 0 aromatic carbocycles. The lowest BCUT2D eigenvalue weighted by molar-refractivity contribution is -0.0394. The maximum absolute atomic E-state index is 5.94. The van der Waals surface area contributed by atoms with E-state index in [-0.39, 0.29) is 0 Å². The highest BCUT2D eigenvalue weighted by Gasteiger charge is 2.47. The summed E-state index contributed by atoms with van der Waals surface area (Å²) in [7, 11) is 0. The van der Waals surface area contributed by atoms with Gasteiger partial charge in [0.2, 0.25) is 0 Å². The monoisotopic (exact) mass is 260 g/mol. The smallest absolute Gasteiger partial charge is 0.145 e. The van der Waals surface area contributed by atoms with Crippen molar-refractivity contribution in [2.24, 2.45) is 29.6 Å². The quantitative estimate of drug-likeness (QED) is 0.818. The first-order valence-electron chi connectivity index (χ1n) is 7.77. The van der Waals surface area contributed by atoms with Crippen LogP contribution in [-0.2, 0) is 6.42 Å². The van der Waals surface area contributed by atoms with Crippen LogP contribution in [0.15, 0.2) is 6.33 Å². The van der Waals surface area contributed by atoms with Crippen molar-refractivity contribution < 1.29 is 0 Å². The lowest BCUT2D eigenvalue weighted by atomic mass is 9.51. The molecule has 0 atom stereocenters. The first-order valence-corrected chi connectivity index (χ1v) is 7.77. The lowest BCUT2D eigenvalue weighted by Crippen LogP contribution is -2.45. The molecule has 4 N–H and O–H groups in total. The van der Waals surface area contributed by atoms with Gasteiger partial charge in [-0.3, -0.25) is 0 Å². The summed E-state index contributed by atoms with van der Waals surface area (Å²) in [5.74, 6) is 11.4. The molecule has 1 aromatic heterocycles. The van der Waals surface area contributed by atoms with Gasteiger partial charge in [0.25, 0.3) is 0 Å². The molecule has 4 aliphatic carbocycles. The number of imidazole rings is 1. The second kappa shape index (κ2) is 4.15. The zero-order chi connectivity index (χ0) is 13.0. The summed E-state index contributed by atoms with van der Waals surface area (Å²) in [5, 5.41) is 0. The third-order valence-corrected chi connectivity index (χ3v) is 6.05. The highest BCUT2D eigenvalue weighted by molar-refractivity contribution is 5.35. The molecule has 1 heterocycles. The molecule has 4 saturated carbocycles. The van der Waals surface area contributed by atoms with Crippen molar-refractivity contribution in [3.8, 4) is 0 Å². The molecule has 0 radical (unpaired) electrons. The first kappa shape index (κ1) is 11.6. The fourth-order valence-electron chi connectivity index (χ4n) is 5.41. The number of anilines is 1. The van der Waals surface area contributed by atoms with Gasteiger partial charge in [0.05, 0.1) is 5.69 Å². The van der Waals surface area contributed by atoms with Crippen LogP contribution in [0.5, 0.6) is 0 Å². The van der Waals surface area contributed by atoms with Gasteiger partial charge in [-0.25, -0.2) is 9.66 Å². The van der Waals surface area contributed by atoms with Crippen LogP contribution in [0.2, 0.25) is 0 Å². The Morgan fingerprint density at radius 1 is 1.11 bits per heavy atom. The Kier molecular flexibility index (Phi) is 2.54. The van der Waals surface area contributed by atoms with Crippen molar-refractivity contribution in [2.75, 3.05) is 11.6 Å². The number of hydrogen-bond donors (Lipinski definition) is 2. The Hall–Kier alpha value is -1.19. The fraction of sp³-hybridized carbons (Fsp3) is 0.800. The van der Waals surface area contributed by atoms with E-state index in [4.69, 9.17) is 11.6 Å². The number of aromatic nitrogens is 2. The maximum Gasteiger partial charge on any atom is 0.145 e. The number of nitrogen functional groups attached to an aromatic ring is 2. The summed E-state index contributed by atoms with van der Waals surface area (Å²) in [6.45, 7) is 0. The second-order valence-electron chi connectivity index (χ2n) is 7.12. The highest BCUT2D eigenvalue weighted by Crippen LogP contribution is 2.57. The summed E-state index contributed by atoms with van der Waals surface area (Å²) >= 11 is 0. The number of rotatable bonds is 3. The summed E-state index contributed by atoms with van der Waals surface area (Å²) < 4.78 is 1.44. The molecule has 4 nitrogen and oxygen atoms in total. The van der Waals surface area contributed by atoms with Gasteiger partial charge < -0.3 is 11.6 Å². The number of nitrogens with two attached hydrogens (primary N) is 2. The molecule has 4 fully saturated rings. The minimum Gasteiger partial charge on any atom is -0.382 e. The molecular weight excluding hydrogens is 236 g/mol. The van der Waals surface area contributed by atoms with E-state index in [1.807, 2.05) is 0 Å². The molecule has 5 rings (SSSR count). The van der Waals surface area contributed by atoms with E-state index in [0.29, 0.717) is 5.82 Å².